The molecule has 6 nitrogen and oxygen atoms in total. The molecule has 0 atom stereocenters. The van der Waals surface area contributed by atoms with Gasteiger partial charge < -0.3 is 13.6 Å². The minimum atomic E-state index is 0.571. The average molecular weight is 806 g/mol. The SMILES string of the molecule is c1ccc(-c2ccc(-c3nc(-c4cccc(-n5c6ccccc6c6ccc7c(c8ccccc8n7-c7ccccc7)c65)c4)nc(-c4ccc5c(c4)oc4ccccc45)n3)cc2)cc1. The van der Waals surface area contributed by atoms with Crippen molar-refractivity contribution in [1.29, 1.82) is 0 Å². The summed E-state index contributed by atoms with van der Waals surface area (Å²) in [4.78, 5) is 15.6. The summed E-state index contributed by atoms with van der Waals surface area (Å²) in [5, 5.41) is 6.94. The Bertz CT molecular complexity index is 3900. The number of fused-ring (bicyclic) bond motifs is 10. The Morgan fingerprint density at radius 2 is 0.825 bits per heavy atom. The standard InChI is InChI=1S/C57H35N5O/c1-3-14-36(15-4-1)37-26-28-38(29-27-37)55-58-56(60-57(59-55)40-30-31-45-44-21-9-12-25-51(44)63-52(45)35-40)39-16-13-19-42(34-39)62-48-23-10-7-20-43(48)46-32-33-50-53(54(46)62)47-22-8-11-24-49(47)61(50)41-17-5-2-6-18-41/h1-35H. The van der Waals surface area contributed by atoms with Crippen LogP contribution < -0.4 is 0 Å². The molecule has 0 fully saturated rings. The quantitative estimate of drug-likeness (QED) is 0.168. The van der Waals surface area contributed by atoms with Crippen LogP contribution in [0.4, 0.5) is 0 Å². The molecule has 294 valence electrons. The van der Waals surface area contributed by atoms with Crippen LogP contribution in [-0.4, -0.2) is 24.1 Å². The smallest absolute Gasteiger partial charge is 0.164 e. The van der Waals surface area contributed by atoms with E-state index in [-0.39, 0.29) is 0 Å². The maximum Gasteiger partial charge on any atom is 0.164 e. The van der Waals surface area contributed by atoms with E-state index < -0.39 is 0 Å². The van der Waals surface area contributed by atoms with Gasteiger partial charge in [0.1, 0.15) is 11.2 Å². The molecule has 0 saturated heterocycles. The molecule has 4 aromatic heterocycles. The van der Waals surface area contributed by atoms with Crippen LogP contribution in [0.3, 0.4) is 0 Å². The van der Waals surface area contributed by atoms with Gasteiger partial charge in [-0.3, -0.25) is 0 Å². The number of para-hydroxylation sites is 4. The van der Waals surface area contributed by atoms with E-state index in [2.05, 4.69) is 191 Å². The van der Waals surface area contributed by atoms with Gasteiger partial charge in [-0.25, -0.2) is 15.0 Å². The first-order valence-electron chi connectivity index (χ1n) is 21.2. The van der Waals surface area contributed by atoms with Gasteiger partial charge in [0.2, 0.25) is 0 Å². The molecule has 13 aromatic rings. The highest BCUT2D eigenvalue weighted by atomic mass is 16.3. The fourth-order valence-corrected chi connectivity index (χ4v) is 9.49. The highest BCUT2D eigenvalue weighted by Crippen LogP contribution is 2.42. The lowest BCUT2D eigenvalue weighted by Crippen LogP contribution is -2.01. The normalized spacial score (nSPS) is 11.8. The molecule has 0 spiro atoms. The Morgan fingerprint density at radius 1 is 0.302 bits per heavy atom. The third kappa shape index (κ3) is 5.62. The fourth-order valence-electron chi connectivity index (χ4n) is 9.49. The van der Waals surface area contributed by atoms with E-state index in [9.17, 15) is 0 Å². The summed E-state index contributed by atoms with van der Waals surface area (Å²) in [5.41, 5.74) is 13.3. The van der Waals surface area contributed by atoms with Crippen molar-refractivity contribution in [2.75, 3.05) is 0 Å². The van der Waals surface area contributed by atoms with Crippen LogP contribution >= 0.6 is 0 Å². The zero-order valence-corrected chi connectivity index (χ0v) is 33.9. The lowest BCUT2D eigenvalue weighted by Gasteiger charge is -2.12. The molecule has 13 rings (SSSR count). The fraction of sp³-hybridized carbons (Fsp3) is 0. The molecule has 0 radical (unpaired) electrons. The van der Waals surface area contributed by atoms with Crippen molar-refractivity contribution >= 4 is 65.6 Å². The topological polar surface area (TPSA) is 61.7 Å². The highest BCUT2D eigenvalue weighted by molar-refractivity contribution is 6.26. The van der Waals surface area contributed by atoms with Gasteiger partial charge >= 0.3 is 0 Å². The third-order valence-corrected chi connectivity index (χ3v) is 12.4. The van der Waals surface area contributed by atoms with E-state index in [0.717, 1.165) is 77.7 Å². The van der Waals surface area contributed by atoms with Gasteiger partial charge in [0, 0.05) is 60.4 Å². The summed E-state index contributed by atoms with van der Waals surface area (Å²) < 4.78 is 11.1. The first kappa shape index (κ1) is 35.2. The first-order chi connectivity index (χ1) is 31.2. The number of hydrogen-bond acceptors (Lipinski definition) is 4. The van der Waals surface area contributed by atoms with Crippen molar-refractivity contribution in [3.8, 4) is 56.7 Å². The molecular formula is C57H35N5O. The largest absolute Gasteiger partial charge is 0.456 e. The van der Waals surface area contributed by atoms with Crippen LogP contribution in [0.2, 0.25) is 0 Å². The summed E-state index contributed by atoms with van der Waals surface area (Å²) >= 11 is 0. The average Bonchev–Trinajstić information content (AvgIpc) is 4.02. The number of aromatic nitrogens is 5. The van der Waals surface area contributed by atoms with Gasteiger partial charge in [-0.2, -0.15) is 0 Å². The van der Waals surface area contributed by atoms with Crippen LogP contribution in [0.25, 0.3) is 122 Å². The minimum Gasteiger partial charge on any atom is -0.456 e. The van der Waals surface area contributed by atoms with E-state index in [1.807, 2.05) is 30.3 Å². The zero-order chi connectivity index (χ0) is 41.4. The highest BCUT2D eigenvalue weighted by Gasteiger charge is 2.22. The maximum absolute atomic E-state index is 6.34. The van der Waals surface area contributed by atoms with E-state index in [1.165, 1.54) is 27.1 Å². The molecule has 4 heterocycles. The maximum atomic E-state index is 6.34. The molecule has 0 N–H and O–H groups in total. The lowest BCUT2D eigenvalue weighted by atomic mass is 10.0. The van der Waals surface area contributed by atoms with Gasteiger partial charge in [0.15, 0.2) is 17.5 Å². The van der Waals surface area contributed by atoms with Crippen molar-refractivity contribution in [2.24, 2.45) is 0 Å². The van der Waals surface area contributed by atoms with Crippen molar-refractivity contribution in [1.82, 2.24) is 24.1 Å². The van der Waals surface area contributed by atoms with E-state index in [4.69, 9.17) is 19.4 Å². The second-order valence-electron chi connectivity index (χ2n) is 16.0. The van der Waals surface area contributed by atoms with Gasteiger partial charge in [-0.1, -0.05) is 152 Å². The lowest BCUT2D eigenvalue weighted by molar-refractivity contribution is 0.669. The van der Waals surface area contributed by atoms with Crippen molar-refractivity contribution in [3.63, 3.8) is 0 Å². The summed E-state index contributed by atoms with van der Waals surface area (Å²) in [7, 11) is 0. The van der Waals surface area contributed by atoms with Gasteiger partial charge in [-0.05, 0) is 71.8 Å². The van der Waals surface area contributed by atoms with Crippen LogP contribution in [0.15, 0.2) is 217 Å². The Kier molecular flexibility index (Phi) is 7.80. The van der Waals surface area contributed by atoms with E-state index in [1.54, 1.807) is 0 Å². The van der Waals surface area contributed by atoms with E-state index in [0.29, 0.717) is 17.5 Å². The molecule has 6 heteroatoms. The Balaban J connectivity index is 1.02. The monoisotopic (exact) mass is 805 g/mol. The van der Waals surface area contributed by atoms with Crippen LogP contribution in [0, 0.1) is 0 Å². The number of hydrogen-bond donors (Lipinski definition) is 0. The number of benzene rings is 9. The molecule has 0 amide bonds. The molecule has 9 aromatic carbocycles. The summed E-state index contributed by atoms with van der Waals surface area (Å²) in [6, 6.07) is 74.5. The second kappa shape index (κ2) is 14.0. The molecule has 0 aliphatic carbocycles. The minimum absolute atomic E-state index is 0.571. The predicted molar refractivity (Wildman–Crippen MR) is 258 cm³/mol. The van der Waals surface area contributed by atoms with Crippen molar-refractivity contribution < 1.29 is 4.42 Å². The molecule has 0 saturated carbocycles. The van der Waals surface area contributed by atoms with Crippen molar-refractivity contribution in [2.45, 2.75) is 0 Å². The second-order valence-corrected chi connectivity index (χ2v) is 16.0. The predicted octanol–water partition coefficient (Wildman–Crippen LogP) is 14.6. The van der Waals surface area contributed by atoms with E-state index >= 15 is 0 Å². The third-order valence-electron chi connectivity index (χ3n) is 12.4. The molecule has 0 aliphatic rings. The molecule has 0 bridgehead atoms. The molecule has 0 aliphatic heterocycles. The summed E-state index contributed by atoms with van der Waals surface area (Å²) in [5.74, 6) is 1.75. The van der Waals surface area contributed by atoms with Crippen LogP contribution in [0.1, 0.15) is 0 Å². The molecular weight excluding hydrogens is 771 g/mol. The molecule has 0 unspecified atom stereocenters. The Labute approximate surface area is 361 Å². The first-order valence-corrected chi connectivity index (χ1v) is 21.2. The summed E-state index contributed by atoms with van der Waals surface area (Å²) in [6.07, 6.45) is 0. The van der Waals surface area contributed by atoms with Crippen LogP contribution in [0.5, 0.6) is 0 Å². The van der Waals surface area contributed by atoms with Gasteiger partial charge in [0.25, 0.3) is 0 Å². The number of nitrogens with zero attached hydrogens (tertiary/aromatic N) is 5. The summed E-state index contributed by atoms with van der Waals surface area (Å²) in [6.45, 7) is 0. The number of furan rings is 1. The van der Waals surface area contributed by atoms with Crippen molar-refractivity contribution in [3.05, 3.63) is 212 Å². The van der Waals surface area contributed by atoms with Crippen LogP contribution in [-0.2, 0) is 0 Å². The van der Waals surface area contributed by atoms with Gasteiger partial charge in [-0.15, -0.1) is 0 Å². The number of rotatable bonds is 6. The van der Waals surface area contributed by atoms with Gasteiger partial charge in [0.05, 0.1) is 22.1 Å². The Hall–Kier alpha value is -8.61. The Morgan fingerprint density at radius 3 is 1.60 bits per heavy atom. The zero-order valence-electron chi connectivity index (χ0n) is 33.9. The molecule has 63 heavy (non-hydrogen) atoms.